The Morgan fingerprint density at radius 2 is 1.84 bits per heavy atom. The van der Waals surface area contributed by atoms with Crippen LogP contribution in [0.15, 0.2) is 42.5 Å². The van der Waals surface area contributed by atoms with Crippen LogP contribution in [0.5, 0.6) is 5.75 Å². The van der Waals surface area contributed by atoms with Crippen molar-refractivity contribution in [2.24, 2.45) is 0 Å². The summed E-state index contributed by atoms with van der Waals surface area (Å²) < 4.78 is 5.44. The number of hydrogen-bond donors (Lipinski definition) is 1. The minimum atomic E-state index is 0.758. The zero-order chi connectivity index (χ0) is 13.8. The molecule has 0 radical (unpaired) electrons. The summed E-state index contributed by atoms with van der Waals surface area (Å²) in [5, 5.41) is 0. The molecule has 0 atom stereocenters. The van der Waals surface area contributed by atoms with Crippen LogP contribution in [0.2, 0.25) is 0 Å². The first kappa shape index (κ1) is 13.3. The molecule has 0 heterocycles. The summed E-state index contributed by atoms with van der Waals surface area (Å²) in [5.74, 6) is 0.850. The zero-order valence-corrected chi connectivity index (χ0v) is 11.7. The van der Waals surface area contributed by atoms with Gasteiger partial charge < -0.3 is 15.4 Å². The molecule has 2 rings (SSSR count). The topological polar surface area (TPSA) is 38.5 Å². The predicted octanol–water partition coefficient (Wildman–Crippen LogP) is 3.61. The molecule has 0 unspecified atom stereocenters. The summed E-state index contributed by atoms with van der Waals surface area (Å²) in [7, 11) is 3.69. The average molecular weight is 256 g/mol. The maximum absolute atomic E-state index is 6.04. The van der Waals surface area contributed by atoms with E-state index in [0.29, 0.717) is 0 Å². The number of aryl methyl sites for hydroxylation is 1. The van der Waals surface area contributed by atoms with Gasteiger partial charge in [-0.1, -0.05) is 25.1 Å². The third-order valence-electron chi connectivity index (χ3n) is 3.31. The average Bonchev–Trinajstić information content (AvgIpc) is 2.46. The smallest absolute Gasteiger partial charge is 0.142 e. The van der Waals surface area contributed by atoms with E-state index in [9.17, 15) is 0 Å². The highest BCUT2D eigenvalue weighted by atomic mass is 16.5. The third kappa shape index (κ3) is 2.65. The first-order valence-electron chi connectivity index (χ1n) is 6.42. The quantitative estimate of drug-likeness (QED) is 0.849. The van der Waals surface area contributed by atoms with Crippen molar-refractivity contribution >= 4 is 17.1 Å². The van der Waals surface area contributed by atoms with Gasteiger partial charge in [0.2, 0.25) is 0 Å². The van der Waals surface area contributed by atoms with Gasteiger partial charge in [0.05, 0.1) is 24.2 Å². The van der Waals surface area contributed by atoms with Crippen LogP contribution in [0.4, 0.5) is 17.1 Å². The number of nitrogens with two attached hydrogens (primary N) is 1. The monoisotopic (exact) mass is 256 g/mol. The zero-order valence-electron chi connectivity index (χ0n) is 11.7. The fourth-order valence-electron chi connectivity index (χ4n) is 2.14. The van der Waals surface area contributed by atoms with Crippen LogP contribution in [-0.4, -0.2) is 14.2 Å². The number of benzene rings is 2. The molecule has 0 aromatic heterocycles. The summed E-state index contributed by atoms with van der Waals surface area (Å²) in [4.78, 5) is 2.06. The molecule has 2 aromatic rings. The second-order valence-electron chi connectivity index (χ2n) is 4.48. The number of nitrogens with zero attached hydrogens (tertiary/aromatic N) is 1. The lowest BCUT2D eigenvalue weighted by Crippen LogP contribution is -2.13. The molecule has 0 aliphatic rings. The van der Waals surface area contributed by atoms with E-state index in [1.807, 2.05) is 37.4 Å². The molecule has 0 saturated heterocycles. The number of rotatable bonds is 4. The molecule has 0 aliphatic carbocycles. The Hall–Kier alpha value is -2.16. The van der Waals surface area contributed by atoms with E-state index in [1.54, 1.807) is 7.11 Å². The van der Waals surface area contributed by atoms with Crippen molar-refractivity contribution in [2.45, 2.75) is 13.3 Å². The standard InChI is InChI=1S/C16H20N2O/c1-4-12-9-10-16(19-3)15(11-12)18(2)14-8-6-5-7-13(14)17/h5-11H,4,17H2,1-3H3. The molecule has 0 spiro atoms. The fraction of sp³-hybridized carbons (Fsp3) is 0.250. The van der Waals surface area contributed by atoms with Crippen molar-refractivity contribution in [3.63, 3.8) is 0 Å². The molecule has 2 N–H and O–H groups in total. The molecule has 0 fully saturated rings. The van der Waals surface area contributed by atoms with Crippen LogP contribution >= 0.6 is 0 Å². The van der Waals surface area contributed by atoms with E-state index < -0.39 is 0 Å². The Kier molecular flexibility index (Phi) is 3.95. The SMILES string of the molecule is CCc1ccc(OC)c(N(C)c2ccccc2N)c1. The van der Waals surface area contributed by atoms with Crippen LogP contribution in [0, 0.1) is 0 Å². The van der Waals surface area contributed by atoms with E-state index in [0.717, 1.165) is 29.2 Å². The molecule has 0 aliphatic heterocycles. The summed E-state index contributed by atoms with van der Waals surface area (Å²) in [6.45, 7) is 2.14. The largest absolute Gasteiger partial charge is 0.495 e. The maximum Gasteiger partial charge on any atom is 0.142 e. The first-order valence-corrected chi connectivity index (χ1v) is 6.42. The molecule has 0 bridgehead atoms. The van der Waals surface area contributed by atoms with Crippen molar-refractivity contribution in [3.05, 3.63) is 48.0 Å². The molecule has 2 aromatic carbocycles. The van der Waals surface area contributed by atoms with E-state index in [4.69, 9.17) is 10.5 Å². The van der Waals surface area contributed by atoms with Gasteiger partial charge in [0.25, 0.3) is 0 Å². The van der Waals surface area contributed by atoms with Crippen LogP contribution < -0.4 is 15.4 Å². The van der Waals surface area contributed by atoms with Gasteiger partial charge in [-0.15, -0.1) is 0 Å². The Bertz CT molecular complexity index is 566. The minimum Gasteiger partial charge on any atom is -0.495 e. The van der Waals surface area contributed by atoms with Gasteiger partial charge in [-0.2, -0.15) is 0 Å². The number of para-hydroxylation sites is 2. The Morgan fingerprint density at radius 1 is 1.11 bits per heavy atom. The van der Waals surface area contributed by atoms with Crippen LogP contribution in [0.25, 0.3) is 0 Å². The second kappa shape index (κ2) is 5.65. The van der Waals surface area contributed by atoms with Crippen LogP contribution in [0.3, 0.4) is 0 Å². The fourth-order valence-corrected chi connectivity index (χ4v) is 2.14. The van der Waals surface area contributed by atoms with Crippen molar-refractivity contribution in [1.29, 1.82) is 0 Å². The first-order chi connectivity index (χ1) is 9.17. The number of hydrogen-bond acceptors (Lipinski definition) is 3. The molecular formula is C16H20N2O. The van der Waals surface area contributed by atoms with Gasteiger partial charge >= 0.3 is 0 Å². The van der Waals surface area contributed by atoms with Crippen LogP contribution in [-0.2, 0) is 6.42 Å². The van der Waals surface area contributed by atoms with Gasteiger partial charge in [0, 0.05) is 7.05 Å². The second-order valence-corrected chi connectivity index (χ2v) is 4.48. The van der Waals surface area contributed by atoms with E-state index in [-0.39, 0.29) is 0 Å². The highest BCUT2D eigenvalue weighted by Gasteiger charge is 2.12. The minimum absolute atomic E-state index is 0.758. The van der Waals surface area contributed by atoms with Gasteiger partial charge in [0.1, 0.15) is 5.75 Å². The van der Waals surface area contributed by atoms with Crippen molar-refractivity contribution < 1.29 is 4.74 Å². The lowest BCUT2D eigenvalue weighted by Gasteiger charge is -2.24. The summed E-state index contributed by atoms with van der Waals surface area (Å²) in [6, 6.07) is 14.1. The predicted molar refractivity (Wildman–Crippen MR) is 81.3 cm³/mol. The Morgan fingerprint density at radius 3 is 2.47 bits per heavy atom. The van der Waals surface area contributed by atoms with Crippen molar-refractivity contribution in [3.8, 4) is 5.75 Å². The molecular weight excluding hydrogens is 236 g/mol. The van der Waals surface area contributed by atoms with Gasteiger partial charge in [-0.05, 0) is 36.2 Å². The summed E-state index contributed by atoms with van der Waals surface area (Å²) >= 11 is 0. The molecule has 0 amide bonds. The highest BCUT2D eigenvalue weighted by Crippen LogP contribution is 2.35. The summed E-state index contributed by atoms with van der Waals surface area (Å²) in [6.07, 6.45) is 0.995. The lowest BCUT2D eigenvalue weighted by atomic mass is 10.1. The Labute approximate surface area is 114 Å². The van der Waals surface area contributed by atoms with Crippen LogP contribution in [0.1, 0.15) is 12.5 Å². The van der Waals surface area contributed by atoms with Gasteiger partial charge in [-0.3, -0.25) is 0 Å². The number of anilines is 3. The van der Waals surface area contributed by atoms with Gasteiger partial charge in [-0.25, -0.2) is 0 Å². The lowest BCUT2D eigenvalue weighted by molar-refractivity contribution is 0.415. The highest BCUT2D eigenvalue weighted by molar-refractivity contribution is 5.77. The summed E-state index contributed by atoms with van der Waals surface area (Å²) in [5.41, 5.74) is 10.1. The van der Waals surface area contributed by atoms with Crippen molar-refractivity contribution in [1.82, 2.24) is 0 Å². The molecule has 0 saturated carbocycles. The normalized spacial score (nSPS) is 10.3. The molecule has 3 heteroatoms. The molecule has 3 nitrogen and oxygen atoms in total. The van der Waals surface area contributed by atoms with E-state index >= 15 is 0 Å². The van der Waals surface area contributed by atoms with Crippen molar-refractivity contribution in [2.75, 3.05) is 24.8 Å². The third-order valence-corrected chi connectivity index (χ3v) is 3.31. The Balaban J connectivity index is 2.48. The number of ether oxygens (including phenoxy) is 1. The number of nitrogen functional groups attached to an aromatic ring is 1. The van der Waals surface area contributed by atoms with Gasteiger partial charge in [0.15, 0.2) is 0 Å². The van der Waals surface area contributed by atoms with E-state index in [2.05, 4.69) is 24.0 Å². The molecule has 19 heavy (non-hydrogen) atoms. The van der Waals surface area contributed by atoms with E-state index in [1.165, 1.54) is 5.56 Å². The maximum atomic E-state index is 6.04. The number of methoxy groups -OCH3 is 1. The molecule has 100 valence electrons.